The molecule has 2 N–H and O–H groups in total. The van der Waals surface area contributed by atoms with Gasteiger partial charge in [-0.15, -0.1) is 0 Å². The second-order valence-corrected chi connectivity index (χ2v) is 6.08. The molecule has 0 radical (unpaired) electrons. The van der Waals surface area contributed by atoms with Crippen molar-refractivity contribution in [2.75, 3.05) is 17.7 Å². The molecule has 0 aliphatic heterocycles. The van der Waals surface area contributed by atoms with E-state index in [1.807, 2.05) is 0 Å². The van der Waals surface area contributed by atoms with Gasteiger partial charge in [-0.1, -0.05) is 18.2 Å². The van der Waals surface area contributed by atoms with Crippen molar-refractivity contribution in [1.82, 2.24) is 9.97 Å². The zero-order chi connectivity index (χ0) is 20.8. The van der Waals surface area contributed by atoms with Crippen molar-refractivity contribution in [2.24, 2.45) is 0 Å². The number of benzene rings is 2. The first-order chi connectivity index (χ1) is 14.0. The monoisotopic (exact) mass is 390 g/mol. The van der Waals surface area contributed by atoms with Crippen LogP contribution >= 0.6 is 0 Å². The number of ether oxygens (including phenoxy) is 1. The Bertz CT molecular complexity index is 1060. The van der Waals surface area contributed by atoms with Crippen molar-refractivity contribution in [1.29, 1.82) is 0 Å². The summed E-state index contributed by atoms with van der Waals surface area (Å²) in [5.74, 6) is -0.668. The van der Waals surface area contributed by atoms with E-state index in [1.165, 1.54) is 26.4 Å². The second-order valence-electron chi connectivity index (χ2n) is 6.08. The summed E-state index contributed by atoms with van der Waals surface area (Å²) in [7, 11) is 1.31. The van der Waals surface area contributed by atoms with Crippen molar-refractivity contribution in [3.05, 3.63) is 77.6 Å². The largest absolute Gasteiger partial charge is 0.465 e. The minimum atomic E-state index is -0.449. The van der Waals surface area contributed by atoms with E-state index in [-0.39, 0.29) is 17.3 Å². The Kier molecular flexibility index (Phi) is 5.94. The molecule has 2 aromatic carbocycles. The van der Waals surface area contributed by atoms with Crippen molar-refractivity contribution in [3.8, 4) is 0 Å². The third kappa shape index (κ3) is 5.01. The highest BCUT2D eigenvalue weighted by molar-refractivity contribution is 6.04. The number of esters is 1. The molecule has 29 heavy (non-hydrogen) atoms. The topological polar surface area (TPSA) is 110 Å². The average Bonchev–Trinajstić information content (AvgIpc) is 2.74. The van der Waals surface area contributed by atoms with Gasteiger partial charge in [-0.05, 0) is 37.3 Å². The normalized spacial score (nSPS) is 10.1. The number of hydrogen-bond donors (Lipinski definition) is 2. The van der Waals surface area contributed by atoms with Crippen LogP contribution in [-0.2, 0) is 4.74 Å². The fraction of sp³-hybridized carbons (Fsp3) is 0.0952. The first kappa shape index (κ1) is 19.7. The zero-order valence-electron chi connectivity index (χ0n) is 15.8. The van der Waals surface area contributed by atoms with Crippen LogP contribution in [0, 0.1) is 0 Å². The number of Topliss-reactive ketones (excluding diaryl/α,β-unsaturated/α-hetero) is 1. The van der Waals surface area contributed by atoms with Crippen molar-refractivity contribution in [3.63, 3.8) is 0 Å². The maximum atomic E-state index is 12.4. The number of anilines is 3. The highest BCUT2D eigenvalue weighted by atomic mass is 16.5. The summed E-state index contributed by atoms with van der Waals surface area (Å²) >= 11 is 0. The van der Waals surface area contributed by atoms with Crippen LogP contribution < -0.4 is 10.6 Å². The summed E-state index contributed by atoms with van der Waals surface area (Å²) in [5.41, 5.74) is 2.26. The van der Waals surface area contributed by atoms with Gasteiger partial charge in [0.2, 0.25) is 5.95 Å². The van der Waals surface area contributed by atoms with Crippen molar-refractivity contribution >= 4 is 35.0 Å². The Morgan fingerprint density at radius 2 is 1.48 bits per heavy atom. The summed E-state index contributed by atoms with van der Waals surface area (Å²) in [6.45, 7) is 1.46. The molecule has 1 heterocycles. The summed E-state index contributed by atoms with van der Waals surface area (Å²) in [6.07, 6.45) is 2.76. The predicted molar refractivity (Wildman–Crippen MR) is 107 cm³/mol. The van der Waals surface area contributed by atoms with E-state index < -0.39 is 11.9 Å². The van der Waals surface area contributed by atoms with Gasteiger partial charge in [0.25, 0.3) is 5.91 Å². The number of nitrogens with one attached hydrogen (secondary N) is 2. The number of aromatic nitrogens is 2. The molecular formula is C21H18N4O4. The number of nitrogens with zero attached hydrogens (tertiary/aromatic N) is 2. The zero-order valence-corrected chi connectivity index (χ0v) is 15.8. The Morgan fingerprint density at radius 1 is 0.862 bits per heavy atom. The maximum Gasteiger partial charge on any atom is 0.337 e. The number of carbonyl (C=O) groups is 3. The molecule has 0 aliphatic carbocycles. The minimum Gasteiger partial charge on any atom is -0.465 e. The Balaban J connectivity index is 1.68. The lowest BCUT2D eigenvalue weighted by molar-refractivity contribution is 0.0600. The van der Waals surface area contributed by atoms with E-state index in [0.717, 1.165) is 0 Å². The third-order valence-electron chi connectivity index (χ3n) is 3.98. The van der Waals surface area contributed by atoms with E-state index in [2.05, 4.69) is 20.6 Å². The van der Waals surface area contributed by atoms with Gasteiger partial charge in [-0.2, -0.15) is 0 Å². The van der Waals surface area contributed by atoms with Gasteiger partial charge >= 0.3 is 5.97 Å². The van der Waals surface area contributed by atoms with E-state index >= 15 is 0 Å². The van der Waals surface area contributed by atoms with Gasteiger partial charge in [0, 0.05) is 29.3 Å². The van der Waals surface area contributed by atoms with Gasteiger partial charge in [0.15, 0.2) is 5.78 Å². The highest BCUT2D eigenvalue weighted by Gasteiger charge is 2.10. The predicted octanol–water partition coefficient (Wildman–Crippen LogP) is 3.46. The molecule has 0 aliphatic rings. The minimum absolute atomic E-state index is 0.0869. The number of carbonyl (C=O) groups excluding carboxylic acids is 3. The van der Waals surface area contributed by atoms with Crippen LogP contribution in [-0.4, -0.2) is 34.7 Å². The molecule has 3 aromatic rings. The van der Waals surface area contributed by atoms with Gasteiger partial charge in [-0.25, -0.2) is 14.8 Å². The Morgan fingerprint density at radius 3 is 2.14 bits per heavy atom. The van der Waals surface area contributed by atoms with Crippen LogP contribution in [0.25, 0.3) is 0 Å². The molecule has 146 valence electrons. The Labute approximate surface area is 167 Å². The lowest BCUT2D eigenvalue weighted by Crippen LogP contribution is -2.13. The smallest absolute Gasteiger partial charge is 0.337 e. The van der Waals surface area contributed by atoms with E-state index in [9.17, 15) is 14.4 Å². The summed E-state index contributed by atoms with van der Waals surface area (Å²) in [6, 6.07) is 13.4. The highest BCUT2D eigenvalue weighted by Crippen LogP contribution is 2.16. The molecule has 0 atom stereocenters. The molecule has 0 bridgehead atoms. The fourth-order valence-corrected chi connectivity index (χ4v) is 2.50. The molecule has 0 unspecified atom stereocenters. The summed E-state index contributed by atoms with van der Waals surface area (Å²) in [4.78, 5) is 43.7. The number of amides is 1. The average molecular weight is 390 g/mol. The lowest BCUT2D eigenvalue weighted by Gasteiger charge is -2.08. The van der Waals surface area contributed by atoms with Gasteiger partial charge in [0.05, 0.1) is 18.2 Å². The van der Waals surface area contributed by atoms with E-state index in [0.29, 0.717) is 22.5 Å². The summed E-state index contributed by atoms with van der Waals surface area (Å²) in [5, 5.41) is 5.67. The van der Waals surface area contributed by atoms with Gasteiger partial charge < -0.3 is 15.4 Å². The molecule has 0 saturated heterocycles. The first-order valence-corrected chi connectivity index (χ1v) is 8.66. The van der Waals surface area contributed by atoms with Gasteiger partial charge in [0.1, 0.15) is 0 Å². The number of rotatable bonds is 6. The quantitative estimate of drug-likeness (QED) is 0.490. The number of ketones is 1. The van der Waals surface area contributed by atoms with Crippen molar-refractivity contribution in [2.45, 2.75) is 6.92 Å². The molecule has 8 nitrogen and oxygen atoms in total. The number of hydrogen-bond acceptors (Lipinski definition) is 7. The summed E-state index contributed by atoms with van der Waals surface area (Å²) < 4.78 is 4.69. The SMILES string of the molecule is COC(=O)c1cccc(Nc2ncc(C(=O)Nc3cccc(C(C)=O)c3)cn2)c1. The van der Waals surface area contributed by atoms with Crippen LogP contribution in [0.5, 0.6) is 0 Å². The van der Waals surface area contributed by atoms with Crippen LogP contribution in [0.15, 0.2) is 60.9 Å². The maximum absolute atomic E-state index is 12.4. The van der Waals surface area contributed by atoms with E-state index in [4.69, 9.17) is 4.74 Å². The molecule has 1 aromatic heterocycles. The second kappa shape index (κ2) is 8.75. The fourth-order valence-electron chi connectivity index (χ4n) is 2.50. The third-order valence-corrected chi connectivity index (χ3v) is 3.98. The lowest BCUT2D eigenvalue weighted by atomic mass is 10.1. The van der Waals surface area contributed by atoms with Crippen LogP contribution in [0.3, 0.4) is 0 Å². The molecule has 1 amide bonds. The molecule has 8 heteroatoms. The molecule has 0 saturated carbocycles. The van der Waals surface area contributed by atoms with E-state index in [1.54, 1.807) is 48.5 Å². The van der Waals surface area contributed by atoms with Crippen molar-refractivity contribution < 1.29 is 19.1 Å². The standard InChI is InChI=1S/C21H18N4O4/c1-13(26)14-5-3-7-17(9-14)24-19(27)16-11-22-21(23-12-16)25-18-8-4-6-15(10-18)20(28)29-2/h3-12H,1-2H3,(H,24,27)(H,22,23,25). The van der Waals surface area contributed by atoms with Crippen LogP contribution in [0.1, 0.15) is 38.0 Å². The Hall–Kier alpha value is -4.07. The molecule has 0 fully saturated rings. The molecule has 3 rings (SSSR count). The molecular weight excluding hydrogens is 372 g/mol. The van der Waals surface area contributed by atoms with Crippen LogP contribution in [0.4, 0.5) is 17.3 Å². The number of methoxy groups -OCH3 is 1. The van der Waals surface area contributed by atoms with Crippen LogP contribution in [0.2, 0.25) is 0 Å². The first-order valence-electron chi connectivity index (χ1n) is 8.66. The van der Waals surface area contributed by atoms with Gasteiger partial charge in [-0.3, -0.25) is 9.59 Å². The molecule has 0 spiro atoms.